The maximum absolute atomic E-state index is 12.7. The Labute approximate surface area is 182 Å². The van der Waals surface area contributed by atoms with Crippen LogP contribution in [0.1, 0.15) is 10.5 Å². The number of benzene rings is 2. The van der Waals surface area contributed by atoms with Gasteiger partial charge in [-0.05, 0) is 31.3 Å². The van der Waals surface area contributed by atoms with E-state index in [-0.39, 0.29) is 10.9 Å². The largest absolute Gasteiger partial charge is 0.353 e. The number of likely N-dealkylation sites (N-methyl/N-ethyl adjacent to an activating group) is 1. The number of aromatic nitrogens is 2. The molecule has 1 amide bonds. The molecular formula is C21H17Cl3N4O. The smallest absolute Gasteiger partial charge is 0.269 e. The zero-order valence-electron chi connectivity index (χ0n) is 15.4. The molecule has 0 unspecified atom stereocenters. The quantitative estimate of drug-likeness (QED) is 0.287. The van der Waals surface area contributed by atoms with Crippen molar-refractivity contribution in [2.45, 2.75) is 0 Å². The van der Waals surface area contributed by atoms with Crippen molar-refractivity contribution in [1.29, 1.82) is 0 Å². The zero-order chi connectivity index (χ0) is 20.5. The van der Waals surface area contributed by atoms with Crippen molar-refractivity contribution in [3.8, 4) is 11.3 Å². The Bertz CT molecular complexity index is 1210. The van der Waals surface area contributed by atoms with Gasteiger partial charge in [0.15, 0.2) is 0 Å². The van der Waals surface area contributed by atoms with Crippen molar-refractivity contribution in [2.24, 2.45) is 0 Å². The molecule has 0 aliphatic rings. The minimum atomic E-state index is -0.250. The van der Waals surface area contributed by atoms with Crippen molar-refractivity contribution < 1.29 is 4.79 Å². The number of carbonyl (C=O) groups is 1. The first-order valence-corrected chi connectivity index (χ1v) is 10.1. The molecular weight excluding hydrogens is 431 g/mol. The minimum absolute atomic E-state index is 0.250. The van der Waals surface area contributed by atoms with E-state index in [2.05, 4.69) is 20.6 Å². The zero-order valence-corrected chi connectivity index (χ0v) is 17.7. The van der Waals surface area contributed by atoms with Crippen LogP contribution in [-0.2, 0) is 0 Å². The molecule has 4 rings (SSSR count). The third-order valence-corrected chi connectivity index (χ3v) is 5.84. The summed E-state index contributed by atoms with van der Waals surface area (Å²) < 4.78 is 0. The number of nitrogens with one attached hydrogen (secondary N) is 3. The fraction of sp³-hybridized carbons (Fsp3) is 0.143. The van der Waals surface area contributed by atoms with E-state index in [4.69, 9.17) is 34.8 Å². The first-order valence-electron chi connectivity index (χ1n) is 8.98. The topological polar surface area (TPSA) is 69.8 Å². The normalized spacial score (nSPS) is 11.3. The van der Waals surface area contributed by atoms with Gasteiger partial charge in [0, 0.05) is 34.9 Å². The highest BCUT2D eigenvalue weighted by Crippen LogP contribution is 2.38. The van der Waals surface area contributed by atoms with Gasteiger partial charge in [0.05, 0.1) is 26.3 Å². The summed E-state index contributed by atoms with van der Waals surface area (Å²) in [6.07, 6.45) is 0. The van der Waals surface area contributed by atoms with Gasteiger partial charge in [-0.25, -0.2) is 4.98 Å². The van der Waals surface area contributed by atoms with Crippen LogP contribution in [0.25, 0.3) is 33.1 Å². The Hall–Kier alpha value is -2.31. The molecule has 0 bridgehead atoms. The maximum atomic E-state index is 12.7. The van der Waals surface area contributed by atoms with Crippen LogP contribution >= 0.6 is 34.8 Å². The molecule has 0 spiro atoms. The molecule has 0 fully saturated rings. The standard InChI is InChI=1S/C21H17Cl3N4O/c1-25-6-7-26-21(29)17-10-13-12-4-2-3-5-16(12)27-20(13)19(28-17)11-8-14(22)18(24)15(23)9-11/h2-5,8-10,25,27H,6-7H2,1H3,(H,26,29). The van der Waals surface area contributed by atoms with Crippen LogP contribution in [0, 0.1) is 0 Å². The van der Waals surface area contributed by atoms with Gasteiger partial charge >= 0.3 is 0 Å². The van der Waals surface area contributed by atoms with Crippen LogP contribution in [0.15, 0.2) is 42.5 Å². The SMILES string of the molecule is CNCCNC(=O)c1cc2c([nH]c3ccccc32)c(-c2cc(Cl)c(Cl)c(Cl)c2)n1. The van der Waals surface area contributed by atoms with E-state index in [0.29, 0.717) is 40.1 Å². The predicted octanol–water partition coefficient (Wildman–Crippen LogP) is 5.29. The highest BCUT2D eigenvalue weighted by Gasteiger charge is 2.18. The van der Waals surface area contributed by atoms with Gasteiger partial charge < -0.3 is 15.6 Å². The average Bonchev–Trinajstić information content (AvgIpc) is 3.09. The van der Waals surface area contributed by atoms with Gasteiger partial charge in [-0.3, -0.25) is 4.79 Å². The van der Waals surface area contributed by atoms with E-state index in [1.807, 2.05) is 31.3 Å². The summed E-state index contributed by atoms with van der Waals surface area (Å²) in [7, 11) is 1.83. The number of hydrogen-bond acceptors (Lipinski definition) is 3. The number of para-hydroxylation sites is 1. The summed E-state index contributed by atoms with van der Waals surface area (Å²) in [5.74, 6) is -0.250. The molecule has 2 aromatic carbocycles. The van der Waals surface area contributed by atoms with E-state index in [1.165, 1.54) is 0 Å². The number of aromatic amines is 1. The Morgan fingerprint density at radius 1 is 1.03 bits per heavy atom. The fourth-order valence-electron chi connectivity index (χ4n) is 3.25. The summed E-state index contributed by atoms with van der Waals surface area (Å²) in [6, 6.07) is 13.1. The monoisotopic (exact) mass is 446 g/mol. The second kappa shape index (κ2) is 8.20. The molecule has 4 aromatic rings. The fourth-order valence-corrected chi connectivity index (χ4v) is 3.85. The molecule has 0 saturated carbocycles. The molecule has 8 heteroatoms. The molecule has 0 aliphatic carbocycles. The Morgan fingerprint density at radius 2 is 1.76 bits per heavy atom. The van der Waals surface area contributed by atoms with Crippen LogP contribution in [0.2, 0.25) is 15.1 Å². The number of nitrogens with zero attached hydrogens (tertiary/aromatic N) is 1. The Balaban J connectivity index is 1.95. The third-order valence-electron chi connectivity index (χ3n) is 4.65. The lowest BCUT2D eigenvalue weighted by atomic mass is 10.1. The highest BCUT2D eigenvalue weighted by molar-refractivity contribution is 6.48. The van der Waals surface area contributed by atoms with Gasteiger partial charge in [0.25, 0.3) is 5.91 Å². The first kappa shape index (κ1) is 20.0. The maximum Gasteiger partial charge on any atom is 0.269 e. The average molecular weight is 448 g/mol. The number of hydrogen-bond donors (Lipinski definition) is 3. The van der Waals surface area contributed by atoms with Gasteiger partial charge in [0.2, 0.25) is 0 Å². The van der Waals surface area contributed by atoms with E-state index in [1.54, 1.807) is 18.2 Å². The van der Waals surface area contributed by atoms with Crippen LogP contribution in [-0.4, -0.2) is 36.0 Å². The molecule has 148 valence electrons. The highest BCUT2D eigenvalue weighted by atomic mass is 35.5. The Kier molecular flexibility index (Phi) is 5.65. The lowest BCUT2D eigenvalue weighted by molar-refractivity contribution is 0.0949. The van der Waals surface area contributed by atoms with Crippen LogP contribution in [0.4, 0.5) is 0 Å². The van der Waals surface area contributed by atoms with E-state index in [0.717, 1.165) is 21.8 Å². The summed E-state index contributed by atoms with van der Waals surface area (Å²) in [5, 5.41) is 8.69. The van der Waals surface area contributed by atoms with Crippen molar-refractivity contribution in [3.05, 3.63) is 63.2 Å². The lowest BCUT2D eigenvalue weighted by Crippen LogP contribution is -2.31. The molecule has 2 heterocycles. The van der Waals surface area contributed by atoms with Crippen molar-refractivity contribution in [1.82, 2.24) is 20.6 Å². The molecule has 3 N–H and O–H groups in total. The number of carbonyl (C=O) groups excluding carboxylic acids is 1. The predicted molar refractivity (Wildman–Crippen MR) is 120 cm³/mol. The van der Waals surface area contributed by atoms with Crippen molar-refractivity contribution in [2.75, 3.05) is 20.1 Å². The van der Waals surface area contributed by atoms with Gasteiger partial charge in [-0.1, -0.05) is 53.0 Å². The molecule has 29 heavy (non-hydrogen) atoms. The summed E-state index contributed by atoms with van der Waals surface area (Å²) in [4.78, 5) is 20.7. The number of rotatable bonds is 5. The molecule has 0 aliphatic heterocycles. The number of halogens is 3. The lowest BCUT2D eigenvalue weighted by Gasteiger charge is -2.10. The molecule has 2 aromatic heterocycles. The second-order valence-electron chi connectivity index (χ2n) is 6.56. The summed E-state index contributed by atoms with van der Waals surface area (Å²) in [5.41, 5.74) is 3.32. The van der Waals surface area contributed by atoms with Crippen molar-refractivity contribution >= 4 is 62.5 Å². The number of fused-ring (bicyclic) bond motifs is 3. The molecule has 5 nitrogen and oxygen atoms in total. The van der Waals surface area contributed by atoms with Gasteiger partial charge in [-0.2, -0.15) is 0 Å². The van der Waals surface area contributed by atoms with Crippen LogP contribution in [0.3, 0.4) is 0 Å². The third kappa shape index (κ3) is 3.79. The Morgan fingerprint density at radius 3 is 2.48 bits per heavy atom. The van der Waals surface area contributed by atoms with Crippen LogP contribution < -0.4 is 10.6 Å². The van der Waals surface area contributed by atoms with E-state index < -0.39 is 0 Å². The van der Waals surface area contributed by atoms with Gasteiger partial charge in [0.1, 0.15) is 5.69 Å². The number of pyridine rings is 1. The first-order chi connectivity index (χ1) is 14.0. The molecule has 0 radical (unpaired) electrons. The van der Waals surface area contributed by atoms with E-state index in [9.17, 15) is 4.79 Å². The van der Waals surface area contributed by atoms with E-state index >= 15 is 0 Å². The second-order valence-corrected chi connectivity index (χ2v) is 7.75. The number of amides is 1. The van der Waals surface area contributed by atoms with Crippen molar-refractivity contribution in [3.63, 3.8) is 0 Å². The molecule has 0 atom stereocenters. The minimum Gasteiger partial charge on any atom is -0.353 e. The number of H-pyrrole nitrogens is 1. The summed E-state index contributed by atoms with van der Waals surface area (Å²) in [6.45, 7) is 1.16. The van der Waals surface area contributed by atoms with Crippen LogP contribution in [0.5, 0.6) is 0 Å². The summed E-state index contributed by atoms with van der Waals surface area (Å²) >= 11 is 18.6. The van der Waals surface area contributed by atoms with Gasteiger partial charge in [-0.15, -0.1) is 0 Å². The molecule has 0 saturated heterocycles.